The maximum atomic E-state index is 12.6. The molecule has 1 amide bonds. The minimum atomic E-state index is -1.29. The van der Waals surface area contributed by atoms with Crippen molar-refractivity contribution in [3.05, 3.63) is 10.6 Å². The van der Waals surface area contributed by atoms with Crippen molar-refractivity contribution in [2.24, 2.45) is 0 Å². The van der Waals surface area contributed by atoms with Gasteiger partial charge in [0.2, 0.25) is 0 Å². The van der Waals surface area contributed by atoms with E-state index in [0.29, 0.717) is 44.3 Å². The van der Waals surface area contributed by atoms with Crippen LogP contribution in [0.5, 0.6) is 0 Å². The van der Waals surface area contributed by atoms with Crippen molar-refractivity contribution in [3.63, 3.8) is 0 Å². The van der Waals surface area contributed by atoms with Gasteiger partial charge in [-0.05, 0) is 12.8 Å². The van der Waals surface area contributed by atoms with Gasteiger partial charge in [-0.15, -0.1) is 11.3 Å². The minimum Gasteiger partial charge on any atom is -0.383 e. The fourth-order valence-corrected chi connectivity index (χ4v) is 4.32. The first-order chi connectivity index (χ1) is 11.0. The number of rotatable bonds is 5. The first-order valence-electron chi connectivity index (χ1n) is 7.99. The van der Waals surface area contributed by atoms with Crippen LogP contribution in [0, 0.1) is 0 Å². The largest absolute Gasteiger partial charge is 0.383 e. The third-order valence-corrected chi connectivity index (χ3v) is 5.49. The third-order valence-electron chi connectivity index (χ3n) is 4.58. The van der Waals surface area contributed by atoms with Gasteiger partial charge in [0.15, 0.2) is 10.7 Å². The number of β-amino-alcohol motifs (C(OH)–C–C–N with tert-alkyl or cyclic N) is 1. The summed E-state index contributed by atoms with van der Waals surface area (Å²) in [4.78, 5) is 22.0. The minimum absolute atomic E-state index is 0.171. The zero-order valence-corrected chi connectivity index (χ0v) is 14.3. The summed E-state index contributed by atoms with van der Waals surface area (Å²) in [5.74, 6) is -0.171. The molecule has 1 aromatic rings. The number of methoxy groups -OCH3 is 1. The van der Waals surface area contributed by atoms with Gasteiger partial charge in [0, 0.05) is 51.1 Å². The second kappa shape index (κ2) is 6.72. The number of carbonyl (C=O) groups is 1. The number of nitrogens with two attached hydrogens (primary N) is 1. The lowest BCUT2D eigenvalue weighted by atomic mass is 9.90. The fraction of sp³-hybridized carbons (Fsp3) is 0.733. The van der Waals surface area contributed by atoms with Gasteiger partial charge in [-0.1, -0.05) is 0 Å². The summed E-state index contributed by atoms with van der Waals surface area (Å²) in [6, 6.07) is 0. The molecule has 23 heavy (non-hydrogen) atoms. The Morgan fingerprint density at radius 1 is 1.48 bits per heavy atom. The molecular formula is C15H24N4O3S. The Morgan fingerprint density at radius 2 is 2.30 bits per heavy atom. The van der Waals surface area contributed by atoms with E-state index in [2.05, 4.69) is 9.88 Å². The van der Waals surface area contributed by atoms with Crippen molar-refractivity contribution < 1.29 is 14.6 Å². The van der Waals surface area contributed by atoms with Crippen LogP contribution in [0.1, 0.15) is 23.4 Å². The summed E-state index contributed by atoms with van der Waals surface area (Å²) >= 11 is 1.50. The molecule has 1 saturated heterocycles. The number of amides is 1. The standard InChI is InChI=1S/C15H24N4O3S/c1-22-8-7-19-5-2-4-15(21,13(19)20)10-18-6-3-11-12(9-18)23-14(16)17-11/h21H,2-10H2,1H3,(H2,16,17). The van der Waals surface area contributed by atoms with Gasteiger partial charge >= 0.3 is 0 Å². The Kier molecular flexibility index (Phi) is 4.86. The van der Waals surface area contributed by atoms with E-state index >= 15 is 0 Å². The van der Waals surface area contributed by atoms with Crippen molar-refractivity contribution in [1.29, 1.82) is 0 Å². The highest BCUT2D eigenvalue weighted by atomic mass is 32.1. The molecule has 128 valence electrons. The summed E-state index contributed by atoms with van der Waals surface area (Å²) in [6.45, 7) is 3.59. The van der Waals surface area contributed by atoms with E-state index < -0.39 is 5.60 Å². The highest BCUT2D eigenvalue weighted by Gasteiger charge is 2.43. The first kappa shape index (κ1) is 16.6. The van der Waals surface area contributed by atoms with Crippen LogP contribution in [-0.2, 0) is 22.5 Å². The molecule has 2 aliphatic rings. The number of piperidine rings is 1. The molecule has 0 aliphatic carbocycles. The van der Waals surface area contributed by atoms with Crippen molar-refractivity contribution in [3.8, 4) is 0 Å². The third kappa shape index (κ3) is 3.50. The van der Waals surface area contributed by atoms with Crippen LogP contribution in [0.25, 0.3) is 0 Å². The van der Waals surface area contributed by atoms with E-state index in [1.807, 2.05) is 0 Å². The molecule has 1 atom stereocenters. The molecular weight excluding hydrogens is 316 g/mol. The zero-order valence-electron chi connectivity index (χ0n) is 13.5. The van der Waals surface area contributed by atoms with Crippen molar-refractivity contribution in [2.45, 2.75) is 31.4 Å². The highest BCUT2D eigenvalue weighted by Crippen LogP contribution is 2.29. The topological polar surface area (TPSA) is 91.9 Å². The summed E-state index contributed by atoms with van der Waals surface area (Å²) in [5.41, 5.74) is 5.54. The van der Waals surface area contributed by atoms with Crippen LogP contribution in [0.3, 0.4) is 0 Å². The Hall–Kier alpha value is -1.22. The second-order valence-corrected chi connectivity index (χ2v) is 7.42. The summed E-state index contributed by atoms with van der Waals surface area (Å²) in [7, 11) is 1.62. The maximum Gasteiger partial charge on any atom is 0.255 e. The molecule has 0 spiro atoms. The summed E-state index contributed by atoms with van der Waals surface area (Å²) in [6.07, 6.45) is 2.16. The molecule has 8 heteroatoms. The lowest BCUT2D eigenvalue weighted by molar-refractivity contribution is -0.160. The Balaban J connectivity index is 1.65. The molecule has 1 fully saturated rings. The fourth-order valence-electron chi connectivity index (χ4n) is 3.40. The SMILES string of the molecule is COCCN1CCCC(O)(CN2CCc3nc(N)sc3C2)C1=O. The molecule has 0 bridgehead atoms. The van der Waals surface area contributed by atoms with E-state index in [1.165, 1.54) is 11.3 Å². The van der Waals surface area contributed by atoms with E-state index in [4.69, 9.17) is 10.5 Å². The molecule has 3 rings (SSSR count). The van der Waals surface area contributed by atoms with E-state index in [0.717, 1.165) is 30.0 Å². The van der Waals surface area contributed by atoms with Crippen molar-refractivity contribution in [1.82, 2.24) is 14.8 Å². The molecule has 0 radical (unpaired) electrons. The highest BCUT2D eigenvalue weighted by molar-refractivity contribution is 7.15. The van der Waals surface area contributed by atoms with Crippen LogP contribution in [0.2, 0.25) is 0 Å². The quantitative estimate of drug-likeness (QED) is 0.789. The molecule has 1 aromatic heterocycles. The number of nitrogen functional groups attached to an aromatic ring is 1. The van der Waals surface area contributed by atoms with Crippen LogP contribution in [0.15, 0.2) is 0 Å². The number of nitrogens with zero attached hydrogens (tertiary/aromatic N) is 3. The molecule has 2 aliphatic heterocycles. The van der Waals surface area contributed by atoms with Gasteiger partial charge in [-0.25, -0.2) is 4.98 Å². The summed E-state index contributed by atoms with van der Waals surface area (Å²) in [5, 5.41) is 11.5. The predicted octanol–water partition coefficient (Wildman–Crippen LogP) is 0.0833. The van der Waals surface area contributed by atoms with Gasteiger partial charge in [-0.3, -0.25) is 9.69 Å². The van der Waals surface area contributed by atoms with Gasteiger partial charge in [0.1, 0.15) is 0 Å². The first-order valence-corrected chi connectivity index (χ1v) is 8.80. The Bertz CT molecular complexity index is 579. The number of hydrogen-bond donors (Lipinski definition) is 2. The number of anilines is 1. The number of fused-ring (bicyclic) bond motifs is 1. The monoisotopic (exact) mass is 340 g/mol. The van der Waals surface area contributed by atoms with E-state index in [-0.39, 0.29) is 5.91 Å². The van der Waals surface area contributed by atoms with Crippen LogP contribution in [0.4, 0.5) is 5.13 Å². The van der Waals surface area contributed by atoms with Gasteiger partial charge in [0.05, 0.1) is 12.3 Å². The molecule has 3 N–H and O–H groups in total. The smallest absolute Gasteiger partial charge is 0.255 e. The molecule has 3 heterocycles. The van der Waals surface area contributed by atoms with Crippen LogP contribution in [-0.4, -0.2) is 71.3 Å². The van der Waals surface area contributed by atoms with Gasteiger partial charge in [-0.2, -0.15) is 0 Å². The molecule has 1 unspecified atom stereocenters. The summed E-state index contributed by atoms with van der Waals surface area (Å²) < 4.78 is 5.05. The lowest BCUT2D eigenvalue weighted by Crippen LogP contribution is -2.59. The van der Waals surface area contributed by atoms with Crippen LogP contribution < -0.4 is 5.73 Å². The Labute approximate surface area is 140 Å². The predicted molar refractivity (Wildman–Crippen MR) is 88.1 cm³/mol. The molecule has 7 nitrogen and oxygen atoms in total. The van der Waals surface area contributed by atoms with Gasteiger partial charge < -0.3 is 20.5 Å². The molecule has 0 aromatic carbocycles. The number of aromatic nitrogens is 1. The lowest BCUT2D eigenvalue weighted by Gasteiger charge is -2.41. The number of likely N-dealkylation sites (tertiary alicyclic amines) is 1. The number of thiazole rings is 1. The average molecular weight is 340 g/mol. The van der Waals surface area contributed by atoms with E-state index in [1.54, 1.807) is 12.0 Å². The van der Waals surface area contributed by atoms with Crippen molar-refractivity contribution in [2.75, 3.05) is 45.6 Å². The number of ether oxygens (including phenoxy) is 1. The van der Waals surface area contributed by atoms with Crippen LogP contribution >= 0.6 is 11.3 Å². The number of hydrogen-bond acceptors (Lipinski definition) is 7. The van der Waals surface area contributed by atoms with Crippen molar-refractivity contribution >= 4 is 22.4 Å². The number of carbonyl (C=O) groups excluding carboxylic acids is 1. The number of aliphatic hydroxyl groups is 1. The second-order valence-electron chi connectivity index (χ2n) is 6.30. The normalized spacial score (nSPS) is 25.7. The average Bonchev–Trinajstić information content (AvgIpc) is 2.88. The Morgan fingerprint density at radius 3 is 3.09 bits per heavy atom. The van der Waals surface area contributed by atoms with E-state index in [9.17, 15) is 9.90 Å². The van der Waals surface area contributed by atoms with Gasteiger partial charge in [0.25, 0.3) is 5.91 Å². The maximum absolute atomic E-state index is 12.6. The molecule has 0 saturated carbocycles. The zero-order chi connectivity index (χ0) is 16.4.